The highest BCUT2D eigenvalue weighted by Gasteiger charge is 2.50. The van der Waals surface area contributed by atoms with E-state index in [4.69, 9.17) is 0 Å². The van der Waals surface area contributed by atoms with Crippen LogP contribution in [0.1, 0.15) is 24.8 Å². The van der Waals surface area contributed by atoms with Crippen molar-refractivity contribution in [2.45, 2.75) is 19.3 Å². The highest BCUT2D eigenvalue weighted by molar-refractivity contribution is 5.67. The van der Waals surface area contributed by atoms with Gasteiger partial charge in [-0.2, -0.15) is 0 Å². The Balaban J connectivity index is 2.21. The zero-order valence-electron chi connectivity index (χ0n) is 7.16. The first-order valence-electron chi connectivity index (χ1n) is 4.27. The summed E-state index contributed by atoms with van der Waals surface area (Å²) in [5.41, 5.74) is 1.23. The Morgan fingerprint density at radius 2 is 2.08 bits per heavy atom. The summed E-state index contributed by atoms with van der Waals surface area (Å²) in [6.45, 7) is 2.03. The minimum atomic E-state index is -0.0681. The Kier molecular flexibility index (Phi) is 1.53. The van der Waals surface area contributed by atoms with E-state index in [0.717, 1.165) is 12.7 Å². The van der Waals surface area contributed by atoms with E-state index in [-0.39, 0.29) is 5.41 Å². The Morgan fingerprint density at radius 3 is 2.58 bits per heavy atom. The summed E-state index contributed by atoms with van der Waals surface area (Å²) in [5, 5.41) is 0. The smallest absolute Gasteiger partial charge is 0.126 e. The molecule has 1 heteroatoms. The lowest BCUT2D eigenvalue weighted by Gasteiger charge is -2.00. The second-order valence-corrected chi connectivity index (χ2v) is 3.79. The molecule has 0 heterocycles. The standard InChI is InChI=1S/C11H12O/c1-11(8-12)7-10(11)9-5-3-2-4-6-9/h2-6,8,10H,7H2,1H3/t10-,11-/m0/s1. The predicted octanol–water partition coefficient (Wildman–Crippen LogP) is 2.38. The third-order valence-electron chi connectivity index (χ3n) is 2.75. The van der Waals surface area contributed by atoms with Crippen molar-refractivity contribution in [2.24, 2.45) is 5.41 Å². The van der Waals surface area contributed by atoms with E-state index in [1.165, 1.54) is 5.56 Å². The summed E-state index contributed by atoms with van der Waals surface area (Å²) >= 11 is 0. The van der Waals surface area contributed by atoms with E-state index in [1.807, 2.05) is 25.1 Å². The third kappa shape index (κ3) is 1.06. The molecule has 0 spiro atoms. The molecule has 1 aliphatic rings. The maximum atomic E-state index is 10.7. The molecule has 2 atom stereocenters. The quantitative estimate of drug-likeness (QED) is 0.607. The van der Waals surface area contributed by atoms with E-state index in [1.54, 1.807) is 0 Å². The molecule has 1 saturated carbocycles. The zero-order valence-corrected chi connectivity index (χ0v) is 7.16. The number of aldehydes is 1. The van der Waals surface area contributed by atoms with Gasteiger partial charge in [-0.25, -0.2) is 0 Å². The fraction of sp³-hybridized carbons (Fsp3) is 0.364. The minimum Gasteiger partial charge on any atom is -0.303 e. The van der Waals surface area contributed by atoms with E-state index in [9.17, 15) is 4.79 Å². The van der Waals surface area contributed by atoms with Gasteiger partial charge in [0.05, 0.1) is 0 Å². The summed E-state index contributed by atoms with van der Waals surface area (Å²) in [6, 6.07) is 10.3. The molecule has 0 bridgehead atoms. The summed E-state index contributed by atoms with van der Waals surface area (Å²) in [5.74, 6) is 0.469. The van der Waals surface area contributed by atoms with Gasteiger partial charge in [-0.15, -0.1) is 0 Å². The van der Waals surface area contributed by atoms with Gasteiger partial charge in [-0.3, -0.25) is 0 Å². The molecule has 0 saturated heterocycles. The van der Waals surface area contributed by atoms with Crippen molar-refractivity contribution in [3.8, 4) is 0 Å². The highest BCUT2D eigenvalue weighted by Crippen LogP contribution is 2.57. The van der Waals surface area contributed by atoms with E-state index < -0.39 is 0 Å². The number of benzene rings is 1. The van der Waals surface area contributed by atoms with Crippen LogP contribution in [0.4, 0.5) is 0 Å². The molecule has 1 nitrogen and oxygen atoms in total. The number of hydrogen-bond donors (Lipinski definition) is 0. The second kappa shape index (κ2) is 2.44. The molecule has 0 unspecified atom stereocenters. The molecule has 0 N–H and O–H groups in total. The van der Waals surface area contributed by atoms with Crippen LogP contribution in [0.3, 0.4) is 0 Å². The van der Waals surface area contributed by atoms with E-state index in [0.29, 0.717) is 5.92 Å². The Bertz CT molecular complexity index is 291. The first-order chi connectivity index (χ1) is 5.76. The fourth-order valence-electron chi connectivity index (χ4n) is 1.70. The summed E-state index contributed by atoms with van der Waals surface area (Å²) < 4.78 is 0. The van der Waals surface area contributed by atoms with Crippen LogP contribution in [0, 0.1) is 5.41 Å². The molecule has 0 aliphatic heterocycles. The van der Waals surface area contributed by atoms with Crippen molar-refractivity contribution in [3.05, 3.63) is 35.9 Å². The first-order valence-corrected chi connectivity index (χ1v) is 4.27. The largest absolute Gasteiger partial charge is 0.303 e. The van der Waals surface area contributed by atoms with Crippen LogP contribution in [-0.4, -0.2) is 6.29 Å². The van der Waals surface area contributed by atoms with Crippen LogP contribution in [0.5, 0.6) is 0 Å². The molecule has 1 aromatic rings. The van der Waals surface area contributed by atoms with E-state index in [2.05, 4.69) is 12.1 Å². The molecule has 0 aromatic heterocycles. The van der Waals surface area contributed by atoms with Crippen LogP contribution < -0.4 is 0 Å². The zero-order chi connectivity index (χ0) is 8.60. The van der Waals surface area contributed by atoms with Crippen molar-refractivity contribution < 1.29 is 4.79 Å². The fourth-order valence-corrected chi connectivity index (χ4v) is 1.70. The van der Waals surface area contributed by atoms with Crippen molar-refractivity contribution in [1.29, 1.82) is 0 Å². The molecule has 12 heavy (non-hydrogen) atoms. The lowest BCUT2D eigenvalue weighted by Crippen LogP contribution is -1.97. The van der Waals surface area contributed by atoms with Gasteiger partial charge in [0.25, 0.3) is 0 Å². The van der Waals surface area contributed by atoms with E-state index >= 15 is 0 Å². The molecular formula is C11H12O. The summed E-state index contributed by atoms with van der Waals surface area (Å²) in [7, 11) is 0. The van der Waals surface area contributed by atoms with Crippen LogP contribution in [-0.2, 0) is 4.79 Å². The summed E-state index contributed by atoms with van der Waals surface area (Å²) in [6.07, 6.45) is 2.10. The second-order valence-electron chi connectivity index (χ2n) is 3.79. The molecule has 1 fully saturated rings. The average Bonchev–Trinajstić information content (AvgIpc) is 2.81. The van der Waals surface area contributed by atoms with Gasteiger partial charge < -0.3 is 4.79 Å². The topological polar surface area (TPSA) is 17.1 Å². The first kappa shape index (κ1) is 7.53. The van der Waals surface area contributed by atoms with Crippen molar-refractivity contribution in [1.82, 2.24) is 0 Å². The van der Waals surface area contributed by atoms with Gasteiger partial charge in [0.15, 0.2) is 0 Å². The lowest BCUT2D eigenvalue weighted by atomic mass is 10.0. The van der Waals surface area contributed by atoms with Gasteiger partial charge >= 0.3 is 0 Å². The monoisotopic (exact) mass is 160 g/mol. The van der Waals surface area contributed by atoms with Gasteiger partial charge in [-0.1, -0.05) is 37.3 Å². The average molecular weight is 160 g/mol. The Labute approximate surface area is 72.4 Å². The molecule has 0 amide bonds. The normalized spacial score (nSPS) is 32.9. The molecule has 0 radical (unpaired) electrons. The molecule has 1 aliphatic carbocycles. The number of carbonyl (C=O) groups excluding carboxylic acids is 1. The van der Waals surface area contributed by atoms with Gasteiger partial charge in [-0.05, 0) is 17.9 Å². The molecule has 1 aromatic carbocycles. The predicted molar refractivity (Wildman–Crippen MR) is 48.0 cm³/mol. The van der Waals surface area contributed by atoms with Crippen molar-refractivity contribution in [3.63, 3.8) is 0 Å². The highest BCUT2D eigenvalue weighted by atomic mass is 16.1. The Morgan fingerprint density at radius 1 is 1.42 bits per heavy atom. The Hall–Kier alpha value is -1.11. The minimum absolute atomic E-state index is 0.0681. The third-order valence-corrected chi connectivity index (χ3v) is 2.75. The summed E-state index contributed by atoms with van der Waals surface area (Å²) in [4.78, 5) is 10.7. The van der Waals surface area contributed by atoms with Crippen LogP contribution in [0.15, 0.2) is 30.3 Å². The van der Waals surface area contributed by atoms with Gasteiger partial charge in [0.2, 0.25) is 0 Å². The van der Waals surface area contributed by atoms with Gasteiger partial charge in [0.1, 0.15) is 6.29 Å². The maximum absolute atomic E-state index is 10.7. The van der Waals surface area contributed by atoms with Crippen LogP contribution in [0.2, 0.25) is 0 Å². The lowest BCUT2D eigenvalue weighted by molar-refractivity contribution is -0.111. The van der Waals surface area contributed by atoms with Crippen LogP contribution >= 0.6 is 0 Å². The van der Waals surface area contributed by atoms with Crippen molar-refractivity contribution in [2.75, 3.05) is 0 Å². The van der Waals surface area contributed by atoms with Crippen LogP contribution in [0.25, 0.3) is 0 Å². The molecular weight excluding hydrogens is 148 g/mol. The number of rotatable bonds is 2. The van der Waals surface area contributed by atoms with Gasteiger partial charge in [0, 0.05) is 5.41 Å². The molecule has 62 valence electrons. The maximum Gasteiger partial charge on any atom is 0.126 e. The number of carbonyl (C=O) groups is 1. The number of hydrogen-bond acceptors (Lipinski definition) is 1. The van der Waals surface area contributed by atoms with Crippen molar-refractivity contribution >= 4 is 6.29 Å². The SMILES string of the molecule is C[C@@]1(C=O)C[C@H]1c1ccccc1. The molecule has 2 rings (SSSR count).